The monoisotopic (exact) mass is 412 g/mol. The Morgan fingerprint density at radius 3 is 2.96 bits per heavy atom. The number of Topliss-reactive ketones (excluding diaryl/α,β-unsaturated/α-hetero) is 1. The summed E-state index contributed by atoms with van der Waals surface area (Å²) in [6.45, 7) is 0.556. The minimum absolute atomic E-state index is 0.000490. The van der Waals surface area contributed by atoms with E-state index in [1.54, 1.807) is 29.5 Å². The molecule has 1 unspecified atom stereocenters. The number of hydrogen-bond acceptors (Lipinski definition) is 6. The van der Waals surface area contributed by atoms with Gasteiger partial charge in [0, 0.05) is 24.2 Å². The van der Waals surface area contributed by atoms with Crippen molar-refractivity contribution in [2.24, 2.45) is 0 Å². The standard InChI is InChI=1S/C17H21FN4O3S2/c1-22(14-13(23)9-26-15(14)24)7-12-8-27-17(20-12)21-16(25)19-6-10-3-2-4-11(18)5-10/h2-5,8,14H,6-7,9H2,1H3,26H4,(H2,19,20,21,25). The highest BCUT2D eigenvalue weighted by Crippen LogP contribution is 2.23. The van der Waals surface area contributed by atoms with Crippen molar-refractivity contribution in [3.05, 3.63) is 46.7 Å². The number of carbonyl (C=O) groups excluding carboxylic acids is 3. The molecule has 0 saturated carbocycles. The molecule has 1 aliphatic heterocycles. The van der Waals surface area contributed by atoms with Crippen LogP contribution < -0.4 is 10.6 Å². The smallest absolute Gasteiger partial charge is 0.321 e. The van der Waals surface area contributed by atoms with E-state index >= 15 is 0 Å². The first-order valence-corrected chi connectivity index (χ1v) is 11.0. The minimum Gasteiger partial charge on any atom is -0.334 e. The largest absolute Gasteiger partial charge is 0.334 e. The van der Waals surface area contributed by atoms with Crippen molar-refractivity contribution in [1.29, 1.82) is 0 Å². The second kappa shape index (κ2) is 8.59. The summed E-state index contributed by atoms with van der Waals surface area (Å²) in [5.41, 5.74) is 1.33. The molecule has 0 spiro atoms. The van der Waals surface area contributed by atoms with Gasteiger partial charge >= 0.3 is 6.03 Å². The third-order valence-corrected chi connectivity index (χ3v) is 6.62. The minimum atomic E-state index is -0.937. The van der Waals surface area contributed by atoms with Crippen LogP contribution in [0.2, 0.25) is 0 Å². The Balaban J connectivity index is 1.50. The number of halogens is 1. The molecular weight excluding hydrogens is 391 g/mol. The first-order valence-electron chi connectivity index (χ1n) is 8.42. The van der Waals surface area contributed by atoms with Crippen LogP contribution in [0.25, 0.3) is 0 Å². The van der Waals surface area contributed by atoms with Crippen LogP contribution in [0.4, 0.5) is 14.3 Å². The number of carbonyl (C=O) groups is 3. The van der Waals surface area contributed by atoms with E-state index in [1.807, 2.05) is 0 Å². The average molecular weight is 413 g/mol. The first kappa shape index (κ1) is 19.5. The maximum Gasteiger partial charge on any atom is 0.321 e. The van der Waals surface area contributed by atoms with Gasteiger partial charge in [0.25, 0.3) is 0 Å². The number of benzene rings is 1. The molecule has 2 amide bonds. The normalized spacial score (nSPS) is 17.1. The molecule has 7 nitrogen and oxygen atoms in total. The Morgan fingerprint density at radius 2 is 2.26 bits per heavy atom. The van der Waals surface area contributed by atoms with Crippen LogP contribution in [0.3, 0.4) is 0 Å². The molecular formula is C17H21FN4O3S2. The SMILES string of the molecule is CN(Cc1csc(NC(=O)NCc2cccc(F)c2)n1)C1C(=O)C[SH4]C1=O. The molecule has 2 heterocycles. The predicted molar refractivity (Wildman–Crippen MR) is 108 cm³/mol. The Bertz CT molecular complexity index is 857. The molecule has 2 aromatic rings. The second-order valence-corrected chi connectivity index (χ2v) is 8.89. The fourth-order valence-electron chi connectivity index (χ4n) is 2.95. The van der Waals surface area contributed by atoms with Gasteiger partial charge in [0.1, 0.15) is 11.9 Å². The highest BCUT2D eigenvalue weighted by Gasteiger charge is 2.34. The molecule has 10 heteroatoms. The summed E-state index contributed by atoms with van der Waals surface area (Å²) in [5, 5.41) is 7.53. The number of nitrogens with zero attached hydrogens (tertiary/aromatic N) is 2. The van der Waals surface area contributed by atoms with Crippen LogP contribution in [0.5, 0.6) is 0 Å². The summed E-state index contributed by atoms with van der Waals surface area (Å²) in [6.07, 6.45) is 0. The third-order valence-electron chi connectivity index (χ3n) is 4.19. The van der Waals surface area contributed by atoms with Gasteiger partial charge < -0.3 is 5.32 Å². The van der Waals surface area contributed by atoms with Crippen LogP contribution in [-0.2, 0) is 22.7 Å². The lowest BCUT2D eigenvalue weighted by Crippen LogP contribution is -2.39. The molecule has 0 radical (unpaired) electrons. The maximum absolute atomic E-state index is 13.1. The van der Waals surface area contributed by atoms with E-state index in [-0.39, 0.29) is 23.3 Å². The van der Waals surface area contributed by atoms with Gasteiger partial charge in [0.2, 0.25) is 0 Å². The summed E-state index contributed by atoms with van der Waals surface area (Å²) >= 11 is 0.320. The van der Waals surface area contributed by atoms with Crippen LogP contribution in [0.15, 0.2) is 29.6 Å². The van der Waals surface area contributed by atoms with Crippen LogP contribution in [-0.4, -0.2) is 45.7 Å². The zero-order valence-electron chi connectivity index (χ0n) is 14.7. The van der Waals surface area contributed by atoms with E-state index in [4.69, 9.17) is 0 Å². The number of likely N-dealkylation sites (N-methyl/N-ethyl adjacent to an activating group) is 1. The van der Waals surface area contributed by atoms with E-state index in [0.717, 1.165) is 0 Å². The van der Waals surface area contributed by atoms with Crippen LogP contribution in [0, 0.1) is 5.82 Å². The summed E-state index contributed by atoms with van der Waals surface area (Å²) in [6, 6.07) is 4.91. The number of hydrogen-bond donors (Lipinski definition) is 2. The van der Waals surface area contributed by atoms with Crippen molar-refractivity contribution < 1.29 is 18.8 Å². The van der Waals surface area contributed by atoms with E-state index < -0.39 is 23.8 Å². The maximum atomic E-state index is 13.1. The lowest BCUT2D eigenvalue weighted by atomic mass is 10.2. The van der Waals surface area contributed by atoms with E-state index in [2.05, 4.69) is 15.6 Å². The zero-order chi connectivity index (χ0) is 19.4. The summed E-state index contributed by atoms with van der Waals surface area (Å²) < 4.78 is 13.1. The van der Waals surface area contributed by atoms with Crippen molar-refractivity contribution in [2.45, 2.75) is 19.1 Å². The van der Waals surface area contributed by atoms with Gasteiger partial charge in [-0.25, -0.2) is 14.2 Å². The zero-order valence-corrected chi connectivity index (χ0v) is 16.9. The number of amides is 2. The van der Waals surface area contributed by atoms with Gasteiger partial charge in [-0.3, -0.25) is 31.6 Å². The van der Waals surface area contributed by atoms with Gasteiger partial charge in [0.05, 0.1) is 5.69 Å². The van der Waals surface area contributed by atoms with Crippen molar-refractivity contribution in [2.75, 3.05) is 18.1 Å². The van der Waals surface area contributed by atoms with Gasteiger partial charge in [0.15, 0.2) is 16.0 Å². The lowest BCUT2D eigenvalue weighted by molar-refractivity contribution is -0.126. The summed E-state index contributed by atoms with van der Waals surface area (Å²) in [5.74, 6) is 0.0770. The molecule has 1 aromatic carbocycles. The van der Waals surface area contributed by atoms with E-state index in [1.165, 1.54) is 23.5 Å². The predicted octanol–water partition coefficient (Wildman–Crippen LogP) is 1.18. The molecule has 1 atom stereocenters. The molecule has 146 valence electrons. The fourth-order valence-corrected chi connectivity index (χ4v) is 5.22. The van der Waals surface area contributed by atoms with E-state index in [0.29, 0.717) is 28.7 Å². The topological polar surface area (TPSA) is 91.4 Å². The Labute approximate surface area is 163 Å². The number of nitrogens with one attached hydrogen (secondary N) is 2. The van der Waals surface area contributed by atoms with Gasteiger partial charge in [-0.05, 0) is 24.7 Å². The number of ketones is 1. The summed E-state index contributed by atoms with van der Waals surface area (Å²) in [4.78, 5) is 41.7. The highest BCUT2D eigenvalue weighted by atomic mass is 32.2. The van der Waals surface area contributed by atoms with Gasteiger partial charge in [-0.15, -0.1) is 11.3 Å². The molecule has 1 aliphatic rings. The van der Waals surface area contributed by atoms with Crippen molar-refractivity contribution in [1.82, 2.24) is 15.2 Å². The molecule has 0 bridgehead atoms. The third kappa shape index (κ3) is 5.12. The Hall–Kier alpha value is -2.30. The van der Waals surface area contributed by atoms with Crippen molar-refractivity contribution in [3.8, 4) is 0 Å². The fraction of sp³-hybridized carbons (Fsp3) is 0.294. The number of anilines is 1. The number of thiazole rings is 1. The van der Waals surface area contributed by atoms with Crippen molar-refractivity contribution in [3.63, 3.8) is 0 Å². The van der Waals surface area contributed by atoms with Crippen molar-refractivity contribution >= 4 is 45.2 Å². The number of urea groups is 1. The molecule has 1 saturated heterocycles. The Kier molecular flexibility index (Phi) is 6.19. The molecule has 1 aromatic heterocycles. The van der Waals surface area contributed by atoms with Crippen LogP contribution in [0.1, 0.15) is 11.3 Å². The number of rotatable bonds is 6. The average Bonchev–Trinajstić information content (AvgIpc) is 3.19. The lowest BCUT2D eigenvalue weighted by Gasteiger charge is -2.20. The first-order chi connectivity index (χ1) is 12.9. The number of aromatic nitrogens is 1. The molecule has 27 heavy (non-hydrogen) atoms. The van der Waals surface area contributed by atoms with Gasteiger partial charge in [-0.1, -0.05) is 12.1 Å². The molecule has 3 rings (SSSR count). The molecule has 2 N–H and O–H groups in total. The summed E-state index contributed by atoms with van der Waals surface area (Å²) in [7, 11) is 1.73. The van der Waals surface area contributed by atoms with Crippen LogP contribution >= 0.6 is 23.1 Å². The quantitative estimate of drug-likeness (QED) is 0.695. The second-order valence-electron chi connectivity index (χ2n) is 6.33. The molecule has 1 fully saturated rings. The Morgan fingerprint density at radius 1 is 1.44 bits per heavy atom. The van der Waals surface area contributed by atoms with Gasteiger partial charge in [-0.2, -0.15) is 0 Å². The highest BCUT2D eigenvalue weighted by molar-refractivity contribution is 8.15. The van der Waals surface area contributed by atoms with E-state index in [9.17, 15) is 18.8 Å². The molecule has 0 aliphatic carbocycles.